The smallest absolute Gasteiger partial charge is 0.214 e. The van der Waals surface area contributed by atoms with Crippen LogP contribution in [0.1, 0.15) is 62.1 Å². The van der Waals surface area contributed by atoms with Gasteiger partial charge in [0.25, 0.3) is 0 Å². The summed E-state index contributed by atoms with van der Waals surface area (Å²) in [5, 5.41) is 7.15. The van der Waals surface area contributed by atoms with Crippen molar-refractivity contribution in [3.63, 3.8) is 0 Å². The summed E-state index contributed by atoms with van der Waals surface area (Å²) in [7, 11) is 1.67. The number of methoxy groups -OCH3 is 1. The predicted molar refractivity (Wildman–Crippen MR) is 137 cm³/mol. The Balaban J connectivity index is 1.48. The Morgan fingerprint density at radius 3 is 2.57 bits per heavy atom. The van der Waals surface area contributed by atoms with Gasteiger partial charge in [0.2, 0.25) is 6.23 Å². The summed E-state index contributed by atoms with van der Waals surface area (Å²) in [4.78, 5) is 0. The fourth-order valence-corrected chi connectivity index (χ4v) is 4.62. The number of para-hydroxylation sites is 1. The molecule has 3 aromatic rings. The van der Waals surface area contributed by atoms with E-state index in [4.69, 9.17) is 24.0 Å². The number of nitrogens with zero attached hydrogens (tertiary/aromatic N) is 2. The predicted octanol–water partition coefficient (Wildman–Crippen LogP) is 6.52. The molecule has 182 valence electrons. The van der Waals surface area contributed by atoms with Crippen LogP contribution in [-0.4, -0.2) is 31.0 Å². The second-order valence-corrected chi connectivity index (χ2v) is 8.72. The van der Waals surface area contributed by atoms with Gasteiger partial charge < -0.3 is 18.9 Å². The first-order chi connectivity index (χ1) is 17.2. The number of benzene rings is 3. The molecular weight excluding hydrogens is 440 g/mol. The highest BCUT2D eigenvalue weighted by Gasteiger charge is 2.41. The zero-order chi connectivity index (χ0) is 24.2. The lowest BCUT2D eigenvalue weighted by atomic mass is 9.96. The molecule has 3 aromatic carbocycles. The Bertz CT molecular complexity index is 1190. The molecule has 2 heterocycles. The number of rotatable bonds is 9. The number of hydrogen-bond donors (Lipinski definition) is 0. The van der Waals surface area contributed by atoms with Gasteiger partial charge in [-0.3, -0.25) is 0 Å². The molecule has 2 aliphatic heterocycles. The maximum atomic E-state index is 6.51. The summed E-state index contributed by atoms with van der Waals surface area (Å²) in [6, 6.07) is 22.5. The molecule has 0 bridgehead atoms. The van der Waals surface area contributed by atoms with E-state index in [9.17, 15) is 0 Å². The van der Waals surface area contributed by atoms with Crippen LogP contribution < -0.4 is 18.9 Å². The van der Waals surface area contributed by atoms with Crippen LogP contribution in [0.5, 0.6) is 23.0 Å². The summed E-state index contributed by atoms with van der Waals surface area (Å²) in [5.74, 6) is 3.21. The number of hydrogen-bond acceptors (Lipinski definition) is 6. The monoisotopic (exact) mass is 472 g/mol. The van der Waals surface area contributed by atoms with E-state index in [2.05, 4.69) is 36.2 Å². The first-order valence-corrected chi connectivity index (χ1v) is 12.4. The van der Waals surface area contributed by atoms with Gasteiger partial charge in [-0.05, 0) is 67.4 Å². The van der Waals surface area contributed by atoms with Crippen LogP contribution in [0.4, 0.5) is 0 Å². The fraction of sp³-hybridized carbons (Fsp3) is 0.345. The third-order valence-electron chi connectivity index (χ3n) is 6.43. The zero-order valence-corrected chi connectivity index (χ0v) is 20.6. The minimum atomic E-state index is -0.367. The molecule has 0 aliphatic carbocycles. The van der Waals surface area contributed by atoms with Crippen LogP contribution in [-0.2, 0) is 0 Å². The van der Waals surface area contributed by atoms with Gasteiger partial charge in [-0.1, -0.05) is 31.5 Å². The van der Waals surface area contributed by atoms with Crippen molar-refractivity contribution in [2.45, 2.75) is 45.4 Å². The molecule has 6 heteroatoms. The number of ether oxygens (including phenoxy) is 4. The highest BCUT2D eigenvalue weighted by molar-refractivity contribution is 6.02. The minimum Gasteiger partial charge on any atom is -0.494 e. The van der Waals surface area contributed by atoms with Gasteiger partial charge in [0.05, 0.1) is 32.1 Å². The van der Waals surface area contributed by atoms with E-state index in [1.54, 1.807) is 7.11 Å². The van der Waals surface area contributed by atoms with Crippen molar-refractivity contribution >= 4 is 5.71 Å². The van der Waals surface area contributed by atoms with Crippen molar-refractivity contribution in [1.82, 2.24) is 5.01 Å². The van der Waals surface area contributed by atoms with Gasteiger partial charge in [-0.25, -0.2) is 5.01 Å². The van der Waals surface area contributed by atoms with Crippen molar-refractivity contribution in [1.29, 1.82) is 0 Å². The summed E-state index contributed by atoms with van der Waals surface area (Å²) in [6.07, 6.45) is 2.53. The van der Waals surface area contributed by atoms with Crippen LogP contribution in [0.25, 0.3) is 0 Å². The van der Waals surface area contributed by atoms with Crippen LogP contribution in [0.3, 0.4) is 0 Å². The van der Waals surface area contributed by atoms with Crippen molar-refractivity contribution in [3.8, 4) is 23.0 Å². The Morgan fingerprint density at radius 1 is 0.971 bits per heavy atom. The zero-order valence-electron chi connectivity index (χ0n) is 20.6. The quantitative estimate of drug-likeness (QED) is 0.332. The van der Waals surface area contributed by atoms with Crippen molar-refractivity contribution in [3.05, 3.63) is 83.4 Å². The average molecular weight is 473 g/mol. The molecule has 0 radical (unpaired) electrons. The molecule has 2 aliphatic rings. The van der Waals surface area contributed by atoms with E-state index in [-0.39, 0.29) is 12.3 Å². The lowest BCUT2D eigenvalue weighted by Crippen LogP contribution is -2.33. The summed E-state index contributed by atoms with van der Waals surface area (Å²) in [6.45, 7) is 5.46. The highest BCUT2D eigenvalue weighted by Crippen LogP contribution is 2.48. The molecule has 0 saturated heterocycles. The fourth-order valence-electron chi connectivity index (χ4n) is 4.62. The average Bonchev–Trinajstić information content (AvgIpc) is 3.35. The molecule has 0 aromatic heterocycles. The molecule has 5 rings (SSSR count). The standard InChI is InChI=1S/C29H32N2O4/c1-4-6-17-34-27-16-13-21(18-28(27)32-3)29-31-25(23-9-7-8-10-26(23)35-29)19-24(30-31)20-11-14-22(15-12-20)33-5-2/h7-16,18,25,29H,4-6,17,19H2,1-3H3. The van der Waals surface area contributed by atoms with Crippen LogP contribution >= 0.6 is 0 Å². The maximum Gasteiger partial charge on any atom is 0.214 e. The van der Waals surface area contributed by atoms with Gasteiger partial charge >= 0.3 is 0 Å². The van der Waals surface area contributed by atoms with E-state index in [1.807, 2.05) is 49.4 Å². The first kappa shape index (κ1) is 23.1. The topological polar surface area (TPSA) is 52.5 Å². The van der Waals surface area contributed by atoms with Gasteiger partial charge in [0, 0.05) is 17.5 Å². The van der Waals surface area contributed by atoms with E-state index in [1.165, 1.54) is 0 Å². The molecule has 0 fully saturated rings. The number of hydrazone groups is 1. The van der Waals surface area contributed by atoms with Gasteiger partial charge in [0.15, 0.2) is 11.5 Å². The second kappa shape index (κ2) is 10.3. The van der Waals surface area contributed by atoms with Crippen molar-refractivity contribution < 1.29 is 18.9 Å². The van der Waals surface area contributed by atoms with Crippen LogP contribution in [0, 0.1) is 0 Å². The molecule has 2 atom stereocenters. The van der Waals surface area contributed by atoms with Gasteiger partial charge in [-0.2, -0.15) is 5.10 Å². The lowest BCUT2D eigenvalue weighted by Gasteiger charge is -2.38. The second-order valence-electron chi connectivity index (χ2n) is 8.72. The van der Waals surface area contributed by atoms with Gasteiger partial charge in [-0.15, -0.1) is 0 Å². The van der Waals surface area contributed by atoms with E-state index >= 15 is 0 Å². The largest absolute Gasteiger partial charge is 0.494 e. The third kappa shape index (κ3) is 4.65. The normalized spacial score (nSPS) is 18.3. The first-order valence-electron chi connectivity index (χ1n) is 12.4. The Morgan fingerprint density at radius 2 is 1.80 bits per heavy atom. The summed E-state index contributed by atoms with van der Waals surface area (Å²) >= 11 is 0. The summed E-state index contributed by atoms with van der Waals surface area (Å²) < 4.78 is 23.7. The lowest BCUT2D eigenvalue weighted by molar-refractivity contribution is -0.0191. The van der Waals surface area contributed by atoms with Crippen LogP contribution in [0.2, 0.25) is 0 Å². The van der Waals surface area contributed by atoms with Crippen molar-refractivity contribution in [2.24, 2.45) is 5.10 Å². The Kier molecular flexibility index (Phi) is 6.80. The molecule has 6 nitrogen and oxygen atoms in total. The molecule has 2 unspecified atom stereocenters. The Hall–Kier alpha value is -3.67. The molecular formula is C29H32N2O4. The van der Waals surface area contributed by atoms with E-state index in [0.717, 1.165) is 58.9 Å². The molecule has 0 spiro atoms. The molecule has 35 heavy (non-hydrogen) atoms. The van der Waals surface area contributed by atoms with Crippen molar-refractivity contribution in [2.75, 3.05) is 20.3 Å². The maximum absolute atomic E-state index is 6.51. The minimum absolute atomic E-state index is 0.0954. The molecule has 0 saturated carbocycles. The van der Waals surface area contributed by atoms with E-state index < -0.39 is 0 Å². The SMILES string of the molecule is CCCCOc1ccc(C2Oc3ccccc3C3CC(c4ccc(OCC)cc4)=NN32)cc1OC. The van der Waals surface area contributed by atoms with Gasteiger partial charge in [0.1, 0.15) is 11.5 Å². The third-order valence-corrected chi connectivity index (χ3v) is 6.43. The molecule has 0 N–H and O–H groups in total. The number of fused-ring (bicyclic) bond motifs is 3. The summed E-state index contributed by atoms with van der Waals surface area (Å²) in [5.41, 5.74) is 4.26. The Labute approximate surface area is 207 Å². The number of unbranched alkanes of at least 4 members (excludes halogenated alkanes) is 1. The molecule has 0 amide bonds. The van der Waals surface area contributed by atoms with Crippen LogP contribution in [0.15, 0.2) is 71.8 Å². The van der Waals surface area contributed by atoms with E-state index in [0.29, 0.717) is 19.0 Å². The highest BCUT2D eigenvalue weighted by atomic mass is 16.5.